The van der Waals surface area contributed by atoms with Gasteiger partial charge in [0.2, 0.25) is 0 Å². The quantitative estimate of drug-likeness (QED) is 0.741. The lowest BCUT2D eigenvalue weighted by Crippen LogP contribution is -1.91. The second-order valence-corrected chi connectivity index (χ2v) is 3.72. The van der Waals surface area contributed by atoms with Gasteiger partial charge in [0.1, 0.15) is 0 Å². The maximum atomic E-state index is 4.02. The summed E-state index contributed by atoms with van der Waals surface area (Å²) in [5.41, 5.74) is 2.53. The zero-order valence-electron chi connectivity index (χ0n) is 10.5. The molecular weight excluding hydrogens is 196 g/mol. The van der Waals surface area contributed by atoms with E-state index >= 15 is 0 Å². The van der Waals surface area contributed by atoms with Crippen LogP contribution in [0, 0.1) is 0 Å². The van der Waals surface area contributed by atoms with Crippen LogP contribution in [0.1, 0.15) is 39.2 Å². The van der Waals surface area contributed by atoms with Gasteiger partial charge >= 0.3 is 0 Å². The van der Waals surface area contributed by atoms with E-state index in [0.717, 1.165) is 5.69 Å². The fourth-order valence-corrected chi connectivity index (χ4v) is 1.44. The van der Waals surface area contributed by atoms with Crippen LogP contribution in [0.15, 0.2) is 43.0 Å². The SMILES string of the molecule is CC.CC(C)c1ccc(-n2ccnc2)cc1. The van der Waals surface area contributed by atoms with Crippen LogP contribution in [-0.4, -0.2) is 9.55 Å². The van der Waals surface area contributed by atoms with Crippen molar-refractivity contribution in [1.29, 1.82) is 0 Å². The van der Waals surface area contributed by atoms with Gasteiger partial charge in [-0.3, -0.25) is 0 Å². The lowest BCUT2D eigenvalue weighted by atomic mass is 10.0. The maximum absolute atomic E-state index is 4.02. The molecule has 0 saturated carbocycles. The molecule has 2 rings (SSSR count). The lowest BCUT2D eigenvalue weighted by molar-refractivity contribution is 0.865. The number of imidazole rings is 1. The van der Waals surface area contributed by atoms with Gasteiger partial charge in [-0.15, -0.1) is 0 Å². The molecule has 1 heterocycles. The monoisotopic (exact) mass is 216 g/mol. The minimum Gasteiger partial charge on any atom is -0.306 e. The molecule has 0 radical (unpaired) electrons. The number of aromatic nitrogens is 2. The van der Waals surface area contributed by atoms with Crippen LogP contribution >= 0.6 is 0 Å². The average molecular weight is 216 g/mol. The average Bonchev–Trinajstić information content (AvgIpc) is 2.85. The molecule has 0 spiro atoms. The molecule has 0 bridgehead atoms. The van der Waals surface area contributed by atoms with Crippen LogP contribution in [0.5, 0.6) is 0 Å². The number of hydrogen-bond acceptors (Lipinski definition) is 1. The molecule has 0 N–H and O–H groups in total. The first-order valence-corrected chi connectivity index (χ1v) is 5.85. The van der Waals surface area contributed by atoms with Crippen molar-refractivity contribution >= 4 is 0 Å². The van der Waals surface area contributed by atoms with E-state index in [-0.39, 0.29) is 0 Å². The Morgan fingerprint density at radius 3 is 2.12 bits per heavy atom. The highest BCUT2D eigenvalue weighted by molar-refractivity contribution is 5.35. The summed E-state index contributed by atoms with van der Waals surface area (Å²) in [6, 6.07) is 8.58. The summed E-state index contributed by atoms with van der Waals surface area (Å²) in [6.45, 7) is 8.40. The standard InChI is InChI=1S/C12H14N2.C2H6/c1-10(2)11-3-5-12(6-4-11)14-8-7-13-9-14;1-2/h3-10H,1-2H3;1-2H3. The fourth-order valence-electron chi connectivity index (χ4n) is 1.44. The Morgan fingerprint density at radius 1 is 1.06 bits per heavy atom. The fraction of sp³-hybridized carbons (Fsp3) is 0.357. The zero-order valence-corrected chi connectivity index (χ0v) is 10.5. The van der Waals surface area contributed by atoms with Crippen molar-refractivity contribution in [2.24, 2.45) is 0 Å². The molecule has 0 amide bonds. The normalized spacial score (nSPS) is 9.81. The van der Waals surface area contributed by atoms with Crippen LogP contribution in [0.3, 0.4) is 0 Å². The summed E-state index contributed by atoms with van der Waals surface area (Å²) in [5.74, 6) is 0.590. The molecular formula is C14H20N2. The molecule has 0 unspecified atom stereocenters. The van der Waals surface area contributed by atoms with Crippen molar-refractivity contribution in [1.82, 2.24) is 9.55 Å². The van der Waals surface area contributed by atoms with Crippen molar-refractivity contribution in [3.8, 4) is 5.69 Å². The van der Waals surface area contributed by atoms with Crippen LogP contribution in [0.2, 0.25) is 0 Å². The summed E-state index contributed by atoms with van der Waals surface area (Å²) in [7, 11) is 0. The third kappa shape index (κ3) is 2.96. The number of nitrogens with zero attached hydrogens (tertiary/aromatic N) is 2. The van der Waals surface area contributed by atoms with Crippen LogP contribution < -0.4 is 0 Å². The molecule has 86 valence electrons. The van der Waals surface area contributed by atoms with Gasteiger partial charge in [0.05, 0.1) is 6.33 Å². The minimum absolute atomic E-state index is 0.590. The van der Waals surface area contributed by atoms with E-state index in [1.54, 1.807) is 6.20 Å². The van der Waals surface area contributed by atoms with Gasteiger partial charge in [0.25, 0.3) is 0 Å². The van der Waals surface area contributed by atoms with E-state index < -0.39 is 0 Å². The second kappa shape index (κ2) is 6.11. The van der Waals surface area contributed by atoms with Crippen molar-refractivity contribution in [3.05, 3.63) is 48.5 Å². The second-order valence-electron chi connectivity index (χ2n) is 3.72. The van der Waals surface area contributed by atoms with Gasteiger partial charge in [0.15, 0.2) is 0 Å². The molecule has 2 nitrogen and oxygen atoms in total. The molecule has 2 aromatic rings. The zero-order chi connectivity index (χ0) is 12.0. The molecule has 0 fully saturated rings. The van der Waals surface area contributed by atoms with Crippen molar-refractivity contribution in [2.45, 2.75) is 33.6 Å². The topological polar surface area (TPSA) is 17.8 Å². The molecule has 16 heavy (non-hydrogen) atoms. The van der Waals surface area contributed by atoms with Gasteiger partial charge < -0.3 is 4.57 Å². The number of benzene rings is 1. The van der Waals surface area contributed by atoms with Crippen LogP contribution in [-0.2, 0) is 0 Å². The molecule has 0 atom stereocenters. The molecule has 1 aromatic heterocycles. The summed E-state index contributed by atoms with van der Waals surface area (Å²) >= 11 is 0. The van der Waals surface area contributed by atoms with E-state index in [1.165, 1.54) is 5.56 Å². The molecule has 2 heteroatoms. The largest absolute Gasteiger partial charge is 0.306 e. The number of rotatable bonds is 2. The molecule has 0 aliphatic rings. The minimum atomic E-state index is 0.590. The van der Waals surface area contributed by atoms with Crippen LogP contribution in [0.4, 0.5) is 0 Å². The summed E-state index contributed by atoms with van der Waals surface area (Å²) < 4.78 is 2.00. The van der Waals surface area contributed by atoms with Crippen molar-refractivity contribution in [2.75, 3.05) is 0 Å². The maximum Gasteiger partial charge on any atom is 0.0991 e. The summed E-state index contributed by atoms with van der Waals surface area (Å²) in [6.07, 6.45) is 5.55. The van der Waals surface area contributed by atoms with Gasteiger partial charge in [0, 0.05) is 18.1 Å². The Bertz CT molecular complexity index is 385. The first-order valence-electron chi connectivity index (χ1n) is 5.85. The van der Waals surface area contributed by atoms with Gasteiger partial charge in [-0.05, 0) is 23.6 Å². The Hall–Kier alpha value is -1.57. The van der Waals surface area contributed by atoms with Gasteiger partial charge in [-0.2, -0.15) is 0 Å². The predicted molar refractivity (Wildman–Crippen MR) is 69.0 cm³/mol. The predicted octanol–water partition coefficient (Wildman–Crippen LogP) is 4.02. The van der Waals surface area contributed by atoms with E-state index in [0.29, 0.717) is 5.92 Å². The Labute approximate surface area is 98.0 Å². The van der Waals surface area contributed by atoms with E-state index in [2.05, 4.69) is 43.1 Å². The third-order valence-corrected chi connectivity index (χ3v) is 2.36. The first-order chi connectivity index (χ1) is 7.77. The highest BCUT2D eigenvalue weighted by Gasteiger charge is 1.99. The molecule has 0 saturated heterocycles. The lowest BCUT2D eigenvalue weighted by Gasteiger charge is -2.06. The smallest absolute Gasteiger partial charge is 0.0991 e. The molecule has 1 aromatic carbocycles. The molecule has 0 aliphatic carbocycles. The van der Waals surface area contributed by atoms with Crippen LogP contribution in [0.25, 0.3) is 5.69 Å². The third-order valence-electron chi connectivity index (χ3n) is 2.36. The highest BCUT2D eigenvalue weighted by atomic mass is 15.0. The Morgan fingerprint density at radius 2 is 1.69 bits per heavy atom. The molecule has 0 aliphatic heterocycles. The van der Waals surface area contributed by atoms with E-state index in [9.17, 15) is 0 Å². The van der Waals surface area contributed by atoms with Crippen molar-refractivity contribution < 1.29 is 0 Å². The van der Waals surface area contributed by atoms with Gasteiger partial charge in [-0.1, -0.05) is 39.8 Å². The summed E-state index contributed by atoms with van der Waals surface area (Å²) in [5, 5.41) is 0. The Balaban J connectivity index is 0.000000606. The van der Waals surface area contributed by atoms with Gasteiger partial charge in [-0.25, -0.2) is 4.98 Å². The van der Waals surface area contributed by atoms with Crippen molar-refractivity contribution in [3.63, 3.8) is 0 Å². The number of hydrogen-bond donors (Lipinski definition) is 0. The summed E-state index contributed by atoms with van der Waals surface area (Å²) in [4.78, 5) is 4.02. The first kappa shape index (κ1) is 12.5. The van der Waals surface area contributed by atoms with E-state index in [1.807, 2.05) is 30.9 Å². The highest BCUT2D eigenvalue weighted by Crippen LogP contribution is 2.16. The Kier molecular flexibility index (Phi) is 4.77. The van der Waals surface area contributed by atoms with E-state index in [4.69, 9.17) is 0 Å².